The van der Waals surface area contributed by atoms with E-state index in [1.54, 1.807) is 0 Å². The average molecular weight is 598 g/mol. The van der Waals surface area contributed by atoms with Gasteiger partial charge in [-0.3, -0.25) is 9.55 Å². The summed E-state index contributed by atoms with van der Waals surface area (Å²) in [4.78, 5) is 12.4. The summed E-state index contributed by atoms with van der Waals surface area (Å²) in [6.45, 7) is 2.15. The highest BCUT2D eigenvalue weighted by Gasteiger charge is 2.18. The van der Waals surface area contributed by atoms with Crippen LogP contribution in [0.4, 0.5) is 0 Å². The van der Waals surface area contributed by atoms with E-state index in [4.69, 9.17) is 9.97 Å². The molecule has 0 unspecified atom stereocenters. The lowest BCUT2D eigenvalue weighted by atomic mass is 10.1. The number of fused-ring (bicyclic) bond motifs is 4. The van der Waals surface area contributed by atoms with Crippen LogP contribution in [0.25, 0.3) is 66.4 Å². The van der Waals surface area contributed by atoms with Crippen molar-refractivity contribution in [3.8, 4) is 22.8 Å². The molecular weight excluding hydrogens is 562 g/mol. The van der Waals surface area contributed by atoms with Crippen LogP contribution in [0.5, 0.6) is 0 Å². The number of aryl methyl sites for hydroxylation is 2. The predicted octanol–water partition coefficient (Wildman–Crippen LogP) is 9.15. The highest BCUT2D eigenvalue weighted by atomic mass is 15.1. The van der Waals surface area contributed by atoms with Crippen LogP contribution in [0, 0.1) is 0 Å². The van der Waals surface area contributed by atoms with Crippen LogP contribution < -0.4 is 0 Å². The molecule has 8 aromatic rings. The van der Waals surface area contributed by atoms with Crippen molar-refractivity contribution in [3.63, 3.8) is 0 Å². The molecule has 8 bridgehead atoms. The molecule has 12 rings (SSSR count). The number of rotatable bonds is 0. The normalized spacial score (nSPS) is 14.5. The van der Waals surface area contributed by atoms with Gasteiger partial charge in [-0.25, -0.2) is 4.98 Å². The standard InChI is InChI=1S/C41H35N5/c1-44-22-6-8-28-14-20-36(42-26-28)30-16-18-34-32-10-2-4-12-37(32)45(39(34)24-30)31-17-19-35-33-11-3-5-13-38(33)46(40(35)25-31)41-21-15-29(27-43-41)9-7-23-44/h2-5,10-21,24-27H,6-9,22-23H2,1H3. The summed E-state index contributed by atoms with van der Waals surface area (Å²) < 4.78 is 4.73. The van der Waals surface area contributed by atoms with Crippen LogP contribution in [-0.4, -0.2) is 44.1 Å². The third-order valence-electron chi connectivity index (χ3n) is 9.76. The minimum Gasteiger partial charge on any atom is -0.309 e. The number of hydrogen-bond donors (Lipinski definition) is 0. The largest absolute Gasteiger partial charge is 0.309 e. The number of hydrogen-bond acceptors (Lipinski definition) is 3. The molecule has 0 radical (unpaired) electrons. The van der Waals surface area contributed by atoms with E-state index < -0.39 is 0 Å². The first-order valence-corrected chi connectivity index (χ1v) is 16.4. The molecule has 0 saturated heterocycles. The SMILES string of the molecule is CN1CCCc2ccc(nc2)-c2ccc3c4ccccc4n(c3c2)-c2ccc3c4ccccc4n(c3c2)-c2ccc(cn2)CCC1. The van der Waals surface area contributed by atoms with Crippen LogP contribution in [0.15, 0.2) is 122 Å². The van der Waals surface area contributed by atoms with Gasteiger partial charge in [0.05, 0.1) is 27.8 Å². The van der Waals surface area contributed by atoms with Crippen molar-refractivity contribution in [1.82, 2.24) is 24.0 Å². The molecular formula is C41H35N5. The van der Waals surface area contributed by atoms with Gasteiger partial charge in [0, 0.05) is 45.2 Å². The maximum atomic E-state index is 5.04. The summed E-state index contributed by atoms with van der Waals surface area (Å²) in [5, 5.41) is 4.95. The van der Waals surface area contributed by atoms with Gasteiger partial charge in [-0.1, -0.05) is 66.7 Å². The molecule has 0 N–H and O–H groups in total. The minimum atomic E-state index is 0.946. The molecule has 0 aliphatic carbocycles. The Bertz CT molecular complexity index is 2380. The second-order valence-electron chi connectivity index (χ2n) is 12.7. The Hall–Kier alpha value is -5.26. The fourth-order valence-corrected chi connectivity index (χ4v) is 7.41. The number of nitrogens with zero attached hydrogens (tertiary/aromatic N) is 5. The first-order valence-electron chi connectivity index (χ1n) is 16.4. The molecule has 5 nitrogen and oxygen atoms in total. The predicted molar refractivity (Wildman–Crippen MR) is 190 cm³/mol. The van der Waals surface area contributed by atoms with Crippen LogP contribution in [0.1, 0.15) is 24.0 Å². The van der Waals surface area contributed by atoms with Gasteiger partial charge in [0.15, 0.2) is 0 Å². The van der Waals surface area contributed by atoms with Crippen molar-refractivity contribution in [2.75, 3.05) is 20.1 Å². The van der Waals surface area contributed by atoms with Crippen molar-refractivity contribution in [2.45, 2.75) is 25.7 Å². The molecule has 8 heterocycles. The lowest BCUT2D eigenvalue weighted by Gasteiger charge is -2.16. The van der Waals surface area contributed by atoms with E-state index >= 15 is 0 Å². The number of pyridine rings is 2. The zero-order valence-corrected chi connectivity index (χ0v) is 26.0. The second kappa shape index (κ2) is 11.0. The van der Waals surface area contributed by atoms with E-state index in [1.807, 2.05) is 0 Å². The van der Waals surface area contributed by atoms with Crippen LogP contribution in [-0.2, 0) is 12.8 Å². The van der Waals surface area contributed by atoms with E-state index in [1.165, 1.54) is 49.2 Å². The number of para-hydroxylation sites is 2. The topological polar surface area (TPSA) is 38.9 Å². The molecule has 5 heteroatoms. The third kappa shape index (κ3) is 4.50. The molecule has 0 fully saturated rings. The Morgan fingerprint density at radius 3 is 1.80 bits per heavy atom. The Morgan fingerprint density at radius 1 is 0.522 bits per heavy atom. The van der Waals surface area contributed by atoms with E-state index in [9.17, 15) is 0 Å². The van der Waals surface area contributed by atoms with Gasteiger partial charge in [0.2, 0.25) is 0 Å². The van der Waals surface area contributed by atoms with E-state index in [2.05, 4.69) is 143 Å². The van der Waals surface area contributed by atoms with Gasteiger partial charge >= 0.3 is 0 Å². The third-order valence-corrected chi connectivity index (χ3v) is 9.76. The maximum absolute atomic E-state index is 5.04. The molecule has 4 aliphatic rings. The Balaban J connectivity index is 1.29. The lowest BCUT2D eigenvalue weighted by Crippen LogP contribution is -2.21. The molecule has 4 aromatic heterocycles. The van der Waals surface area contributed by atoms with Crippen molar-refractivity contribution >= 4 is 43.6 Å². The van der Waals surface area contributed by atoms with E-state index in [0.717, 1.165) is 67.1 Å². The molecule has 224 valence electrons. The summed E-state index contributed by atoms with van der Waals surface area (Å²) >= 11 is 0. The quantitative estimate of drug-likeness (QED) is 0.175. The highest BCUT2D eigenvalue weighted by Crippen LogP contribution is 2.37. The summed E-state index contributed by atoms with van der Waals surface area (Å²) in [6, 6.07) is 39.9. The average Bonchev–Trinajstić information content (AvgIpc) is 3.60. The van der Waals surface area contributed by atoms with Crippen LogP contribution in [0.2, 0.25) is 0 Å². The second-order valence-corrected chi connectivity index (χ2v) is 12.7. The summed E-state index contributed by atoms with van der Waals surface area (Å²) in [5.41, 5.74) is 10.5. The Morgan fingerprint density at radius 2 is 1.13 bits per heavy atom. The summed E-state index contributed by atoms with van der Waals surface area (Å²) in [5.74, 6) is 0.946. The minimum absolute atomic E-state index is 0.946. The Labute approximate surface area is 268 Å². The first-order chi connectivity index (χ1) is 22.7. The highest BCUT2D eigenvalue weighted by molar-refractivity contribution is 6.12. The van der Waals surface area contributed by atoms with Crippen molar-refractivity contribution < 1.29 is 0 Å². The maximum Gasteiger partial charge on any atom is 0.137 e. The molecule has 0 amide bonds. The van der Waals surface area contributed by atoms with E-state index in [0.29, 0.717) is 0 Å². The molecule has 0 atom stereocenters. The lowest BCUT2D eigenvalue weighted by molar-refractivity contribution is 0.325. The van der Waals surface area contributed by atoms with E-state index in [-0.39, 0.29) is 0 Å². The zero-order chi connectivity index (χ0) is 30.6. The van der Waals surface area contributed by atoms with Gasteiger partial charge in [-0.05, 0) is 99.4 Å². The van der Waals surface area contributed by atoms with Crippen molar-refractivity contribution in [2.24, 2.45) is 0 Å². The molecule has 46 heavy (non-hydrogen) atoms. The number of benzene rings is 4. The number of aromatic nitrogens is 4. The summed E-state index contributed by atoms with van der Waals surface area (Å²) in [7, 11) is 2.23. The van der Waals surface area contributed by atoms with Crippen molar-refractivity contribution in [3.05, 3.63) is 133 Å². The van der Waals surface area contributed by atoms with Crippen molar-refractivity contribution in [1.29, 1.82) is 0 Å². The summed E-state index contributed by atoms with van der Waals surface area (Å²) in [6.07, 6.45) is 8.43. The Kier molecular flexibility index (Phi) is 6.46. The molecule has 0 spiro atoms. The molecule has 4 aliphatic heterocycles. The van der Waals surface area contributed by atoms with Gasteiger partial charge in [0.25, 0.3) is 0 Å². The molecule has 4 aromatic carbocycles. The fraction of sp³-hybridized carbons (Fsp3) is 0.171. The monoisotopic (exact) mass is 597 g/mol. The fourth-order valence-electron chi connectivity index (χ4n) is 7.41. The molecule has 0 saturated carbocycles. The van der Waals surface area contributed by atoms with Gasteiger partial charge in [-0.15, -0.1) is 0 Å². The van der Waals surface area contributed by atoms with Gasteiger partial charge < -0.3 is 9.47 Å². The van der Waals surface area contributed by atoms with Gasteiger partial charge in [-0.2, -0.15) is 0 Å². The first kappa shape index (κ1) is 27.1. The van der Waals surface area contributed by atoms with Gasteiger partial charge in [0.1, 0.15) is 5.82 Å². The zero-order valence-electron chi connectivity index (χ0n) is 26.0. The van der Waals surface area contributed by atoms with Crippen LogP contribution >= 0.6 is 0 Å². The smallest absolute Gasteiger partial charge is 0.137 e. The van der Waals surface area contributed by atoms with Crippen LogP contribution in [0.3, 0.4) is 0 Å².